The molecule has 2 aromatic heterocycles. The first kappa shape index (κ1) is 17.7. The summed E-state index contributed by atoms with van der Waals surface area (Å²) in [6.07, 6.45) is 0. The second kappa shape index (κ2) is 7.29. The van der Waals surface area contributed by atoms with Crippen LogP contribution in [0, 0.1) is 0 Å². The van der Waals surface area contributed by atoms with Gasteiger partial charge in [-0.3, -0.25) is 0 Å². The Morgan fingerprint density at radius 1 is 1.17 bits per heavy atom. The van der Waals surface area contributed by atoms with Crippen molar-refractivity contribution < 1.29 is 9.32 Å². The molecule has 8 nitrogen and oxygen atoms in total. The van der Waals surface area contributed by atoms with Crippen LogP contribution < -0.4 is 15.5 Å². The molecule has 2 amide bonds. The maximum Gasteiger partial charge on any atom is 0.315 e. The van der Waals surface area contributed by atoms with Gasteiger partial charge in [0.25, 0.3) is 0 Å². The van der Waals surface area contributed by atoms with Gasteiger partial charge in [0.2, 0.25) is 5.89 Å². The minimum atomic E-state index is -0.311. The summed E-state index contributed by atoms with van der Waals surface area (Å²) in [5, 5.41) is 9.31. The average molecular weight is 332 g/mol. The summed E-state index contributed by atoms with van der Waals surface area (Å²) in [6.45, 7) is 6.50. The number of amides is 2. The lowest BCUT2D eigenvalue weighted by atomic mass is 9.97. The number of urea groups is 1. The largest absolute Gasteiger partial charge is 0.363 e. The second-order valence-corrected chi connectivity index (χ2v) is 6.68. The van der Waals surface area contributed by atoms with E-state index in [4.69, 9.17) is 4.52 Å². The molecular formula is C16H24N6O2. The monoisotopic (exact) mass is 332 g/mol. The summed E-state index contributed by atoms with van der Waals surface area (Å²) < 4.78 is 5.18. The summed E-state index contributed by atoms with van der Waals surface area (Å²) in [7, 11) is 3.84. The van der Waals surface area contributed by atoms with Crippen molar-refractivity contribution in [1.82, 2.24) is 25.8 Å². The van der Waals surface area contributed by atoms with Crippen LogP contribution in [0.25, 0.3) is 0 Å². The number of carbonyl (C=O) groups is 1. The van der Waals surface area contributed by atoms with E-state index in [2.05, 4.69) is 25.8 Å². The van der Waals surface area contributed by atoms with Gasteiger partial charge in [-0.1, -0.05) is 32.0 Å². The number of hydrogen-bond acceptors (Lipinski definition) is 6. The van der Waals surface area contributed by atoms with Crippen LogP contribution in [0.1, 0.15) is 38.2 Å². The van der Waals surface area contributed by atoms with Gasteiger partial charge in [-0.05, 0) is 12.1 Å². The molecule has 0 aliphatic rings. The number of nitrogens with zero attached hydrogens (tertiary/aromatic N) is 4. The van der Waals surface area contributed by atoms with Gasteiger partial charge in [0.1, 0.15) is 5.82 Å². The molecule has 0 saturated carbocycles. The molecule has 0 aliphatic carbocycles. The molecule has 24 heavy (non-hydrogen) atoms. The van der Waals surface area contributed by atoms with E-state index in [0.717, 1.165) is 11.5 Å². The molecule has 8 heteroatoms. The Bertz CT molecular complexity index is 690. The van der Waals surface area contributed by atoms with Gasteiger partial charge in [0.15, 0.2) is 5.82 Å². The quantitative estimate of drug-likeness (QED) is 0.867. The zero-order valence-corrected chi connectivity index (χ0v) is 14.8. The smallest absolute Gasteiger partial charge is 0.315 e. The van der Waals surface area contributed by atoms with Gasteiger partial charge in [0.05, 0.1) is 18.8 Å². The van der Waals surface area contributed by atoms with Crippen molar-refractivity contribution in [3.8, 4) is 0 Å². The number of anilines is 1. The molecule has 0 bridgehead atoms. The standard InChI is InChI=1S/C16H24N6O2/c1-16(2,3)14-20-12(21-24-14)10-18-15(23)17-9-11-7-6-8-13(19-11)22(4)5/h6-8H,9-10H2,1-5H3,(H2,17,18,23). The summed E-state index contributed by atoms with van der Waals surface area (Å²) in [4.78, 5) is 22.5. The molecule has 0 unspecified atom stereocenters. The van der Waals surface area contributed by atoms with Gasteiger partial charge >= 0.3 is 6.03 Å². The molecule has 0 radical (unpaired) electrons. The summed E-state index contributed by atoms with van der Waals surface area (Å²) >= 11 is 0. The van der Waals surface area contributed by atoms with E-state index in [0.29, 0.717) is 18.3 Å². The minimum Gasteiger partial charge on any atom is -0.363 e. The fraction of sp³-hybridized carbons (Fsp3) is 0.500. The van der Waals surface area contributed by atoms with Gasteiger partial charge in [-0.2, -0.15) is 4.98 Å². The van der Waals surface area contributed by atoms with Crippen molar-refractivity contribution in [1.29, 1.82) is 0 Å². The first-order valence-corrected chi connectivity index (χ1v) is 7.74. The molecule has 0 aliphatic heterocycles. The predicted molar refractivity (Wildman–Crippen MR) is 90.6 cm³/mol. The van der Waals surface area contributed by atoms with Gasteiger partial charge < -0.3 is 20.1 Å². The molecule has 0 aromatic carbocycles. The Balaban J connectivity index is 1.81. The molecule has 130 valence electrons. The molecule has 2 N–H and O–H groups in total. The Hall–Kier alpha value is -2.64. The van der Waals surface area contributed by atoms with Gasteiger partial charge in [-0.15, -0.1) is 0 Å². The zero-order valence-electron chi connectivity index (χ0n) is 14.8. The van der Waals surface area contributed by atoms with E-state index in [1.807, 2.05) is 58.0 Å². The highest BCUT2D eigenvalue weighted by molar-refractivity contribution is 5.73. The Labute approximate surface area is 141 Å². The average Bonchev–Trinajstić information content (AvgIpc) is 3.00. The lowest BCUT2D eigenvalue weighted by Gasteiger charge is -2.12. The molecule has 0 atom stereocenters. The zero-order chi connectivity index (χ0) is 17.7. The molecular weight excluding hydrogens is 308 g/mol. The van der Waals surface area contributed by atoms with Crippen LogP contribution in [0.5, 0.6) is 0 Å². The molecule has 2 heterocycles. The van der Waals surface area contributed by atoms with Crippen molar-refractivity contribution in [2.24, 2.45) is 0 Å². The predicted octanol–water partition coefficient (Wildman–Crippen LogP) is 1.83. The van der Waals surface area contributed by atoms with E-state index in [9.17, 15) is 4.79 Å². The van der Waals surface area contributed by atoms with Crippen LogP contribution in [0.15, 0.2) is 22.7 Å². The van der Waals surface area contributed by atoms with Crippen LogP contribution in [-0.2, 0) is 18.5 Å². The van der Waals surface area contributed by atoms with Crippen LogP contribution in [0.2, 0.25) is 0 Å². The van der Waals surface area contributed by atoms with Crippen molar-refractivity contribution in [2.45, 2.75) is 39.3 Å². The first-order valence-electron chi connectivity index (χ1n) is 7.74. The number of pyridine rings is 1. The number of rotatable bonds is 5. The third-order valence-corrected chi connectivity index (χ3v) is 3.20. The normalized spacial score (nSPS) is 11.2. The molecule has 2 rings (SSSR count). The highest BCUT2D eigenvalue weighted by Crippen LogP contribution is 2.19. The SMILES string of the molecule is CN(C)c1cccc(CNC(=O)NCc2noc(C(C)(C)C)n2)n1. The molecule has 2 aromatic rings. The third-order valence-electron chi connectivity index (χ3n) is 3.20. The summed E-state index contributed by atoms with van der Waals surface area (Å²) in [5.74, 6) is 1.84. The number of hydrogen-bond donors (Lipinski definition) is 2. The fourth-order valence-corrected chi connectivity index (χ4v) is 1.84. The van der Waals surface area contributed by atoms with Crippen LogP contribution in [-0.4, -0.2) is 35.3 Å². The van der Waals surface area contributed by atoms with Crippen LogP contribution in [0.4, 0.5) is 10.6 Å². The van der Waals surface area contributed by atoms with E-state index >= 15 is 0 Å². The third kappa shape index (κ3) is 4.94. The van der Waals surface area contributed by atoms with Crippen molar-refractivity contribution >= 4 is 11.8 Å². The van der Waals surface area contributed by atoms with Crippen LogP contribution in [0.3, 0.4) is 0 Å². The van der Waals surface area contributed by atoms with Crippen LogP contribution >= 0.6 is 0 Å². The molecule has 0 saturated heterocycles. The summed E-state index contributed by atoms with van der Waals surface area (Å²) in [5.41, 5.74) is 0.572. The van der Waals surface area contributed by atoms with Gasteiger partial charge in [-0.25, -0.2) is 9.78 Å². The number of carbonyl (C=O) groups excluding carboxylic acids is 1. The highest BCUT2D eigenvalue weighted by atomic mass is 16.5. The van der Waals surface area contributed by atoms with E-state index in [1.54, 1.807) is 0 Å². The number of aromatic nitrogens is 3. The molecule has 0 fully saturated rings. The van der Waals surface area contributed by atoms with E-state index in [-0.39, 0.29) is 18.0 Å². The Morgan fingerprint density at radius 2 is 1.88 bits per heavy atom. The Morgan fingerprint density at radius 3 is 2.50 bits per heavy atom. The summed E-state index contributed by atoms with van der Waals surface area (Å²) in [6, 6.07) is 5.37. The van der Waals surface area contributed by atoms with Gasteiger partial charge in [0, 0.05) is 19.5 Å². The minimum absolute atomic E-state index is 0.205. The number of nitrogens with one attached hydrogen (secondary N) is 2. The first-order chi connectivity index (χ1) is 11.3. The van der Waals surface area contributed by atoms with E-state index < -0.39 is 0 Å². The van der Waals surface area contributed by atoms with Crippen molar-refractivity contribution in [3.63, 3.8) is 0 Å². The Kier molecular flexibility index (Phi) is 5.38. The lowest BCUT2D eigenvalue weighted by Crippen LogP contribution is -2.35. The second-order valence-electron chi connectivity index (χ2n) is 6.68. The fourth-order valence-electron chi connectivity index (χ4n) is 1.84. The lowest BCUT2D eigenvalue weighted by molar-refractivity contribution is 0.239. The van der Waals surface area contributed by atoms with Crippen molar-refractivity contribution in [2.75, 3.05) is 19.0 Å². The van der Waals surface area contributed by atoms with E-state index in [1.165, 1.54) is 0 Å². The maximum atomic E-state index is 11.9. The molecule has 0 spiro atoms. The highest BCUT2D eigenvalue weighted by Gasteiger charge is 2.21. The van der Waals surface area contributed by atoms with Crippen molar-refractivity contribution in [3.05, 3.63) is 35.6 Å². The maximum absolute atomic E-state index is 11.9. The topological polar surface area (TPSA) is 96.2 Å².